The molecule has 2 nitrogen and oxygen atoms in total. The number of unbranched alkanes of at least 4 members (excludes halogenated alkanes) is 2. The van der Waals surface area contributed by atoms with Gasteiger partial charge in [0.15, 0.2) is 0 Å². The van der Waals surface area contributed by atoms with Crippen molar-refractivity contribution in [3.63, 3.8) is 0 Å². The van der Waals surface area contributed by atoms with E-state index in [4.69, 9.17) is 0 Å². The summed E-state index contributed by atoms with van der Waals surface area (Å²) in [5.41, 5.74) is 0.291. The lowest BCUT2D eigenvalue weighted by Gasteiger charge is -2.44. The van der Waals surface area contributed by atoms with E-state index in [0.717, 1.165) is 25.1 Å². The molecular weight excluding hydrogens is 242 g/mol. The van der Waals surface area contributed by atoms with E-state index < -0.39 is 10.8 Å². The van der Waals surface area contributed by atoms with Gasteiger partial charge in [-0.15, -0.1) is 0 Å². The van der Waals surface area contributed by atoms with Gasteiger partial charge >= 0.3 is 0 Å². The van der Waals surface area contributed by atoms with Crippen LogP contribution in [-0.4, -0.2) is 27.8 Å². The highest BCUT2D eigenvalue weighted by Crippen LogP contribution is 2.37. The molecule has 3 unspecified atom stereocenters. The van der Waals surface area contributed by atoms with Crippen LogP contribution in [0.2, 0.25) is 0 Å². The first kappa shape index (κ1) is 16.2. The molecule has 0 amide bonds. The molecule has 0 bridgehead atoms. The second-order valence-electron chi connectivity index (χ2n) is 6.25. The summed E-state index contributed by atoms with van der Waals surface area (Å²) >= 11 is 0. The van der Waals surface area contributed by atoms with Gasteiger partial charge < -0.3 is 5.32 Å². The Balaban J connectivity index is 2.62. The van der Waals surface area contributed by atoms with E-state index in [-0.39, 0.29) is 0 Å². The van der Waals surface area contributed by atoms with Crippen molar-refractivity contribution >= 4 is 10.8 Å². The maximum absolute atomic E-state index is 12.5. The topological polar surface area (TPSA) is 29.1 Å². The largest absolute Gasteiger partial charge is 0.313 e. The zero-order chi connectivity index (χ0) is 13.6. The zero-order valence-electron chi connectivity index (χ0n) is 12.6. The molecule has 0 saturated heterocycles. The molecule has 1 fully saturated rings. The average molecular weight is 273 g/mol. The highest BCUT2D eigenvalue weighted by atomic mass is 32.2. The van der Waals surface area contributed by atoms with E-state index in [1.54, 1.807) is 0 Å². The van der Waals surface area contributed by atoms with Crippen molar-refractivity contribution in [2.45, 2.75) is 77.5 Å². The van der Waals surface area contributed by atoms with E-state index >= 15 is 0 Å². The van der Waals surface area contributed by atoms with Crippen molar-refractivity contribution in [2.24, 2.45) is 5.41 Å². The Morgan fingerprint density at radius 1 is 1.28 bits per heavy atom. The third kappa shape index (κ3) is 4.34. The Kier molecular flexibility index (Phi) is 6.86. The fourth-order valence-electron chi connectivity index (χ4n) is 3.14. The van der Waals surface area contributed by atoms with Crippen molar-refractivity contribution in [2.75, 3.05) is 12.3 Å². The summed E-state index contributed by atoms with van der Waals surface area (Å²) in [6.45, 7) is 10.00. The predicted octanol–water partition coefficient (Wildman–Crippen LogP) is 3.48. The van der Waals surface area contributed by atoms with Gasteiger partial charge in [-0.2, -0.15) is 0 Å². The maximum atomic E-state index is 12.5. The van der Waals surface area contributed by atoms with E-state index in [2.05, 4.69) is 33.0 Å². The standard InChI is InChI=1S/C15H31NOS/c1-5-7-8-12-18(17)13-10-9-11-15(3,4)14(13)16-6-2/h13-14,16H,5-12H2,1-4H3. The lowest BCUT2D eigenvalue weighted by molar-refractivity contribution is 0.174. The van der Waals surface area contributed by atoms with Crippen LogP contribution in [0.5, 0.6) is 0 Å². The second kappa shape index (κ2) is 7.64. The van der Waals surface area contributed by atoms with Gasteiger partial charge in [-0.1, -0.05) is 47.0 Å². The van der Waals surface area contributed by atoms with E-state index in [1.165, 1.54) is 25.7 Å². The van der Waals surface area contributed by atoms with Crippen LogP contribution in [0.15, 0.2) is 0 Å². The minimum atomic E-state index is -0.649. The monoisotopic (exact) mass is 273 g/mol. The Morgan fingerprint density at radius 2 is 2.00 bits per heavy atom. The predicted molar refractivity (Wildman–Crippen MR) is 81.4 cm³/mol. The molecule has 18 heavy (non-hydrogen) atoms. The van der Waals surface area contributed by atoms with Gasteiger partial charge in [0.2, 0.25) is 0 Å². The Morgan fingerprint density at radius 3 is 2.61 bits per heavy atom. The van der Waals surface area contributed by atoms with Crippen LogP contribution >= 0.6 is 0 Å². The van der Waals surface area contributed by atoms with Gasteiger partial charge in [-0.05, 0) is 31.2 Å². The summed E-state index contributed by atoms with van der Waals surface area (Å²) in [6.07, 6.45) is 7.18. The summed E-state index contributed by atoms with van der Waals surface area (Å²) in [7, 11) is -0.649. The number of nitrogens with one attached hydrogen (secondary N) is 1. The summed E-state index contributed by atoms with van der Waals surface area (Å²) in [6, 6.07) is 0.429. The molecule has 108 valence electrons. The van der Waals surface area contributed by atoms with Crippen molar-refractivity contribution < 1.29 is 4.21 Å². The van der Waals surface area contributed by atoms with Crippen LogP contribution in [0.3, 0.4) is 0 Å². The van der Waals surface area contributed by atoms with Crippen LogP contribution in [0.25, 0.3) is 0 Å². The summed E-state index contributed by atoms with van der Waals surface area (Å²) < 4.78 is 12.5. The van der Waals surface area contributed by atoms with Crippen LogP contribution in [0, 0.1) is 5.41 Å². The normalized spacial score (nSPS) is 29.1. The highest BCUT2D eigenvalue weighted by Gasteiger charge is 2.40. The van der Waals surface area contributed by atoms with Crippen molar-refractivity contribution in [1.29, 1.82) is 0 Å². The smallest absolute Gasteiger partial charge is 0.0506 e. The molecule has 1 N–H and O–H groups in total. The fraction of sp³-hybridized carbons (Fsp3) is 1.00. The minimum Gasteiger partial charge on any atom is -0.313 e. The first-order valence-electron chi connectivity index (χ1n) is 7.63. The molecular formula is C15H31NOS. The van der Waals surface area contributed by atoms with E-state index in [9.17, 15) is 4.21 Å². The molecule has 3 atom stereocenters. The average Bonchev–Trinajstić information content (AvgIpc) is 2.31. The van der Waals surface area contributed by atoms with Gasteiger partial charge in [0, 0.05) is 22.6 Å². The fourth-order valence-corrected chi connectivity index (χ4v) is 5.13. The SMILES string of the molecule is CCCCCS(=O)C1CCCC(C)(C)C1NCC. The molecule has 0 aliphatic heterocycles. The summed E-state index contributed by atoms with van der Waals surface area (Å²) in [4.78, 5) is 0. The molecule has 1 aliphatic rings. The molecule has 0 aromatic rings. The summed E-state index contributed by atoms with van der Waals surface area (Å²) in [5, 5.41) is 3.97. The molecule has 0 heterocycles. The zero-order valence-corrected chi connectivity index (χ0v) is 13.4. The van der Waals surface area contributed by atoms with E-state index in [0.29, 0.717) is 16.7 Å². The van der Waals surface area contributed by atoms with Crippen molar-refractivity contribution in [1.82, 2.24) is 5.32 Å². The Hall–Kier alpha value is 0.110. The van der Waals surface area contributed by atoms with Gasteiger partial charge in [-0.3, -0.25) is 4.21 Å². The molecule has 1 aliphatic carbocycles. The van der Waals surface area contributed by atoms with Crippen molar-refractivity contribution in [3.05, 3.63) is 0 Å². The molecule has 0 aromatic carbocycles. The molecule has 3 heteroatoms. The van der Waals surface area contributed by atoms with Gasteiger partial charge in [0.05, 0.1) is 5.25 Å². The molecule has 0 aromatic heterocycles. The quantitative estimate of drug-likeness (QED) is 0.720. The van der Waals surface area contributed by atoms with Crippen LogP contribution in [-0.2, 0) is 10.8 Å². The third-order valence-electron chi connectivity index (χ3n) is 4.23. The Bertz CT molecular complexity index is 265. The van der Waals surface area contributed by atoms with Crippen molar-refractivity contribution in [3.8, 4) is 0 Å². The third-order valence-corrected chi connectivity index (χ3v) is 6.11. The molecule has 1 rings (SSSR count). The first-order chi connectivity index (χ1) is 8.53. The van der Waals surface area contributed by atoms with Gasteiger partial charge in [0.25, 0.3) is 0 Å². The second-order valence-corrected chi connectivity index (χ2v) is 8.02. The molecule has 0 radical (unpaired) electrons. The lowest BCUT2D eigenvalue weighted by Crippen LogP contribution is -2.54. The number of hydrogen-bond donors (Lipinski definition) is 1. The summed E-state index contributed by atoms with van der Waals surface area (Å²) in [5.74, 6) is 0.899. The minimum absolute atomic E-state index is 0.291. The highest BCUT2D eigenvalue weighted by molar-refractivity contribution is 7.85. The van der Waals surface area contributed by atoms with Gasteiger partial charge in [0.1, 0.15) is 0 Å². The maximum Gasteiger partial charge on any atom is 0.0506 e. The lowest BCUT2D eigenvalue weighted by atomic mass is 9.73. The number of hydrogen-bond acceptors (Lipinski definition) is 2. The molecule has 1 saturated carbocycles. The van der Waals surface area contributed by atoms with Crippen LogP contribution < -0.4 is 5.32 Å². The van der Waals surface area contributed by atoms with E-state index in [1.807, 2.05) is 0 Å². The van der Waals surface area contributed by atoms with Crippen LogP contribution in [0.1, 0.15) is 66.2 Å². The number of rotatable bonds is 7. The van der Waals surface area contributed by atoms with Gasteiger partial charge in [-0.25, -0.2) is 0 Å². The van der Waals surface area contributed by atoms with Crippen LogP contribution in [0.4, 0.5) is 0 Å². The first-order valence-corrected chi connectivity index (χ1v) is 9.01. The Labute approximate surface area is 116 Å². The molecule has 0 spiro atoms.